The van der Waals surface area contributed by atoms with Gasteiger partial charge in [-0.15, -0.1) is 0 Å². The number of nitrogens with zero attached hydrogens (tertiary/aromatic N) is 1. The summed E-state index contributed by atoms with van der Waals surface area (Å²) in [5, 5.41) is 46.5. The van der Waals surface area contributed by atoms with Crippen LogP contribution in [0.2, 0.25) is 0 Å². The number of carbonyl (C=O) groups is 11. The highest BCUT2D eigenvalue weighted by molar-refractivity contribution is 5.98. The van der Waals surface area contributed by atoms with Crippen LogP contribution in [0.4, 0.5) is 0 Å². The number of carboxylic acid groups (broad SMARTS) is 2. The van der Waals surface area contributed by atoms with Crippen LogP contribution < -0.4 is 53.4 Å². The lowest BCUT2D eigenvalue weighted by atomic mass is 10.0. The number of nitrogens with two attached hydrogens (primary N) is 2. The van der Waals surface area contributed by atoms with Crippen LogP contribution in [0.5, 0.6) is 5.75 Å². The summed E-state index contributed by atoms with van der Waals surface area (Å²) >= 11 is 0. The Labute approximate surface area is 456 Å². The maximum absolute atomic E-state index is 14.4. The number of nitrogens with one attached hydrogen (secondary N) is 7. The maximum atomic E-state index is 14.4. The Balaban J connectivity index is 1.43. The number of aliphatic hydroxyl groups is 1. The van der Waals surface area contributed by atoms with E-state index >= 15 is 0 Å². The van der Waals surface area contributed by atoms with Crippen molar-refractivity contribution >= 4 is 65.1 Å². The summed E-state index contributed by atoms with van der Waals surface area (Å²) in [6, 6.07) is 13.3. The number of hydrogen-bond donors (Lipinski definition) is 12. The fourth-order valence-corrected chi connectivity index (χ4v) is 8.18. The van der Waals surface area contributed by atoms with Crippen molar-refractivity contribution in [3.05, 3.63) is 113 Å². The van der Waals surface area contributed by atoms with Crippen LogP contribution in [0.15, 0.2) is 96.6 Å². The number of amides is 9. The van der Waals surface area contributed by atoms with E-state index in [1.165, 1.54) is 6.92 Å². The maximum Gasteiger partial charge on any atom is 0.326 e. The molecule has 14 N–H and O–H groups in total. The molecular formula is C54H70N10O15. The van der Waals surface area contributed by atoms with E-state index in [0.29, 0.717) is 29.9 Å². The molecule has 1 saturated heterocycles. The summed E-state index contributed by atoms with van der Waals surface area (Å²) in [5.74, 6) is -10.5. The van der Waals surface area contributed by atoms with E-state index in [4.69, 9.17) is 16.2 Å². The Hall–Kier alpha value is -8.71. The number of primary amides is 1. The van der Waals surface area contributed by atoms with Crippen LogP contribution in [0.1, 0.15) is 69.6 Å². The molecule has 4 rings (SSSR count). The normalized spacial score (nSPS) is 15.4. The molecule has 0 aliphatic carbocycles. The van der Waals surface area contributed by atoms with Crippen molar-refractivity contribution in [2.75, 3.05) is 26.2 Å². The molecule has 1 fully saturated rings. The van der Waals surface area contributed by atoms with Gasteiger partial charge < -0.3 is 73.6 Å². The minimum Gasteiger partial charge on any atom is -0.490 e. The predicted molar refractivity (Wildman–Crippen MR) is 284 cm³/mol. The highest BCUT2D eigenvalue weighted by Crippen LogP contribution is 2.20. The number of ether oxygens (including phenoxy) is 1. The van der Waals surface area contributed by atoms with Gasteiger partial charge in [0.05, 0.1) is 31.7 Å². The summed E-state index contributed by atoms with van der Waals surface area (Å²) in [5.41, 5.74) is 14.4. The van der Waals surface area contributed by atoms with Crippen LogP contribution in [0, 0.1) is 0 Å². The van der Waals surface area contributed by atoms with Gasteiger partial charge in [-0.25, -0.2) is 4.79 Å². The number of allylic oxidation sites excluding steroid dienone is 1. The molecule has 0 aromatic heterocycles. The Kier molecular flexibility index (Phi) is 25.0. The molecule has 25 nitrogen and oxygen atoms in total. The molecule has 9 amide bonds. The molecule has 0 spiro atoms. The SMILES string of the molecule is CC(C)=CCOc1ccc(C[C@H](N)C(=O)NCC(=O)N[C@H](C(=O)NCC(=O)N[C@@H](CCC(=O)O)C(=O)N[C@@H](Cc2ccccc2)C(=O)N[C@@H](Cc2ccccc2)C(=O)N[C@@H](CC(N)=O)C(=O)N2CCC[C@H]2C(=O)O)[C@@H](C)O)cc1. The summed E-state index contributed by atoms with van der Waals surface area (Å²) in [6.45, 7) is 4.00. The first-order valence-corrected chi connectivity index (χ1v) is 25.5. The van der Waals surface area contributed by atoms with Crippen molar-refractivity contribution in [3.63, 3.8) is 0 Å². The minimum atomic E-state index is -1.65. The van der Waals surface area contributed by atoms with Gasteiger partial charge in [-0.3, -0.25) is 47.9 Å². The van der Waals surface area contributed by atoms with Crippen molar-refractivity contribution < 1.29 is 72.8 Å². The fraction of sp³-hybridized carbons (Fsp3) is 0.426. The topological polar surface area (TPSA) is 397 Å². The smallest absolute Gasteiger partial charge is 0.326 e. The average Bonchev–Trinajstić information content (AvgIpc) is 3.91. The highest BCUT2D eigenvalue weighted by atomic mass is 16.5. The van der Waals surface area contributed by atoms with E-state index in [1.807, 2.05) is 19.9 Å². The highest BCUT2D eigenvalue weighted by Gasteiger charge is 2.39. The lowest BCUT2D eigenvalue weighted by molar-refractivity contribution is -0.149. The summed E-state index contributed by atoms with van der Waals surface area (Å²) < 4.78 is 5.64. The van der Waals surface area contributed by atoms with Crippen molar-refractivity contribution in [1.82, 2.24) is 42.1 Å². The standard InChI is InChI=1S/C54H70N10O15/c1-31(2)22-24-79-36-18-16-35(17-19-36)25-37(55)48(71)57-30-45(68)63-47(32(3)65)52(75)58-29-44(67)59-38(20-21-46(69)70)49(72)60-39(26-33-11-6-4-7-12-33)50(73)61-40(27-34-13-8-5-9-14-34)51(74)62-41(28-43(56)66)53(76)64-23-10-15-42(64)54(77)78/h4-9,11-14,16-19,22,32,37-42,47,65H,10,15,20-21,23-30,55H2,1-3H3,(H2,56,66)(H,57,71)(H,58,75)(H,59,67)(H,60,72)(H,61,73)(H,62,74)(H,63,68)(H,69,70)(H,77,78)/t32-,37+,38+,39+,40+,41+,42+,47+/m1/s1. The molecule has 79 heavy (non-hydrogen) atoms. The number of benzene rings is 3. The zero-order valence-corrected chi connectivity index (χ0v) is 44.1. The summed E-state index contributed by atoms with van der Waals surface area (Å²) in [4.78, 5) is 145. The number of hydrogen-bond acceptors (Lipinski definition) is 14. The first-order valence-electron chi connectivity index (χ1n) is 25.5. The largest absolute Gasteiger partial charge is 0.490 e. The van der Waals surface area contributed by atoms with Crippen LogP contribution in [0.25, 0.3) is 0 Å². The lowest BCUT2D eigenvalue weighted by Crippen LogP contribution is -2.60. The zero-order valence-electron chi connectivity index (χ0n) is 44.1. The van der Waals surface area contributed by atoms with E-state index in [0.717, 1.165) is 16.0 Å². The van der Waals surface area contributed by atoms with Gasteiger partial charge in [0.25, 0.3) is 0 Å². The van der Waals surface area contributed by atoms with E-state index in [9.17, 15) is 68.1 Å². The molecular weight excluding hydrogens is 1030 g/mol. The monoisotopic (exact) mass is 1100 g/mol. The molecule has 1 heterocycles. The number of carboxylic acids is 2. The molecule has 1 aliphatic heterocycles. The molecule has 0 unspecified atom stereocenters. The summed E-state index contributed by atoms with van der Waals surface area (Å²) in [6.07, 6.45) is -1.30. The zero-order chi connectivity index (χ0) is 58.2. The van der Waals surface area contributed by atoms with Gasteiger partial charge in [0.1, 0.15) is 48.6 Å². The second kappa shape index (κ2) is 31.5. The Morgan fingerprint density at radius 1 is 0.658 bits per heavy atom. The first-order chi connectivity index (χ1) is 37.5. The van der Waals surface area contributed by atoms with Crippen LogP contribution >= 0.6 is 0 Å². The number of carbonyl (C=O) groups excluding carboxylic acids is 9. The van der Waals surface area contributed by atoms with Crippen LogP contribution in [-0.4, -0.2) is 160 Å². The number of likely N-dealkylation sites (tertiary alicyclic amines) is 1. The fourth-order valence-electron chi connectivity index (χ4n) is 8.18. The second-order valence-corrected chi connectivity index (χ2v) is 19.1. The third kappa shape index (κ3) is 21.7. The van der Waals surface area contributed by atoms with E-state index in [2.05, 4.69) is 37.2 Å². The molecule has 0 radical (unpaired) electrons. The third-order valence-corrected chi connectivity index (χ3v) is 12.4. The molecule has 3 aromatic rings. The molecule has 0 saturated carbocycles. The number of aliphatic carboxylic acids is 2. The average molecular weight is 1100 g/mol. The Morgan fingerprint density at radius 3 is 1.67 bits per heavy atom. The van der Waals surface area contributed by atoms with E-state index in [-0.39, 0.29) is 32.2 Å². The minimum absolute atomic E-state index is 0.0324. The van der Waals surface area contributed by atoms with Crippen molar-refractivity contribution in [2.45, 2.75) is 121 Å². The molecule has 8 atom stereocenters. The van der Waals surface area contributed by atoms with E-state index in [1.54, 1.807) is 84.9 Å². The van der Waals surface area contributed by atoms with Crippen LogP contribution in [-0.2, 0) is 72.0 Å². The van der Waals surface area contributed by atoms with Crippen molar-refractivity contribution in [2.24, 2.45) is 11.5 Å². The third-order valence-electron chi connectivity index (χ3n) is 12.4. The number of aliphatic hydroxyl groups excluding tert-OH is 1. The Morgan fingerprint density at radius 2 is 1.16 bits per heavy atom. The van der Waals surface area contributed by atoms with Crippen molar-refractivity contribution in [1.29, 1.82) is 0 Å². The predicted octanol–water partition coefficient (Wildman–Crippen LogP) is -1.76. The molecule has 3 aromatic carbocycles. The molecule has 426 valence electrons. The van der Waals surface area contributed by atoms with Gasteiger partial charge in [-0.2, -0.15) is 0 Å². The van der Waals surface area contributed by atoms with Gasteiger partial charge in [0.15, 0.2) is 0 Å². The van der Waals surface area contributed by atoms with Gasteiger partial charge in [-0.1, -0.05) is 78.4 Å². The summed E-state index contributed by atoms with van der Waals surface area (Å²) in [7, 11) is 0. The van der Waals surface area contributed by atoms with Gasteiger partial charge in [0.2, 0.25) is 53.2 Å². The lowest BCUT2D eigenvalue weighted by Gasteiger charge is -2.29. The molecule has 0 bridgehead atoms. The van der Waals surface area contributed by atoms with E-state index < -0.39 is 146 Å². The molecule has 25 heteroatoms. The van der Waals surface area contributed by atoms with Gasteiger partial charge >= 0.3 is 11.9 Å². The number of rotatable bonds is 31. The second-order valence-electron chi connectivity index (χ2n) is 19.1. The quantitative estimate of drug-likeness (QED) is 0.0318. The first kappa shape index (κ1) is 62.8. The Bertz CT molecular complexity index is 2650. The van der Waals surface area contributed by atoms with Crippen LogP contribution in [0.3, 0.4) is 0 Å². The van der Waals surface area contributed by atoms with Gasteiger partial charge in [0, 0.05) is 25.8 Å². The molecule has 1 aliphatic rings. The van der Waals surface area contributed by atoms with Crippen molar-refractivity contribution in [3.8, 4) is 5.75 Å². The van der Waals surface area contributed by atoms with Gasteiger partial charge in [-0.05, 0) is 81.4 Å².